The van der Waals surface area contributed by atoms with Gasteiger partial charge in [0.25, 0.3) is 0 Å². The lowest BCUT2D eigenvalue weighted by molar-refractivity contribution is 0.200. The normalized spacial score (nSPS) is 13.7. The molecule has 1 unspecified atom stereocenters. The van der Waals surface area contributed by atoms with Gasteiger partial charge in [-0.15, -0.1) is 0 Å². The van der Waals surface area contributed by atoms with Crippen molar-refractivity contribution in [1.82, 2.24) is 9.80 Å². The van der Waals surface area contributed by atoms with Gasteiger partial charge in [-0.3, -0.25) is 4.90 Å². The molecule has 0 spiro atoms. The molecule has 0 aliphatic rings. The van der Waals surface area contributed by atoms with Crippen LogP contribution in [0.5, 0.6) is 0 Å². The lowest BCUT2D eigenvalue weighted by Crippen LogP contribution is -2.35. The highest BCUT2D eigenvalue weighted by atomic mass is 79.9. The van der Waals surface area contributed by atoms with E-state index in [0.29, 0.717) is 6.54 Å². The number of rotatable bonds is 6. The van der Waals surface area contributed by atoms with Crippen molar-refractivity contribution in [2.24, 2.45) is 5.73 Å². The quantitative estimate of drug-likeness (QED) is 0.863. The molecular weight excluding hydrogens is 270 g/mol. The van der Waals surface area contributed by atoms with Crippen molar-refractivity contribution < 1.29 is 4.42 Å². The fraction of sp³-hybridized carbons (Fsp3) is 0.636. The maximum absolute atomic E-state index is 5.80. The van der Waals surface area contributed by atoms with E-state index >= 15 is 0 Å². The van der Waals surface area contributed by atoms with Crippen LogP contribution < -0.4 is 5.73 Å². The van der Waals surface area contributed by atoms with Gasteiger partial charge < -0.3 is 15.1 Å². The summed E-state index contributed by atoms with van der Waals surface area (Å²) in [5.74, 6) is 0.906. The maximum atomic E-state index is 5.80. The van der Waals surface area contributed by atoms with Crippen LogP contribution in [-0.2, 0) is 0 Å². The van der Waals surface area contributed by atoms with Crippen molar-refractivity contribution in [3.05, 3.63) is 22.6 Å². The highest BCUT2D eigenvalue weighted by Gasteiger charge is 2.20. The minimum absolute atomic E-state index is 0.129. The number of likely N-dealkylation sites (N-methyl/N-ethyl adjacent to an activating group) is 2. The first-order chi connectivity index (χ1) is 7.56. The lowest BCUT2D eigenvalue weighted by Gasteiger charge is -2.26. The smallest absolute Gasteiger partial charge is 0.136 e. The number of nitrogens with two attached hydrogens (primary N) is 1. The zero-order valence-corrected chi connectivity index (χ0v) is 11.7. The van der Waals surface area contributed by atoms with Gasteiger partial charge in [-0.25, -0.2) is 0 Å². The average molecular weight is 290 g/mol. The number of hydrogen-bond acceptors (Lipinski definition) is 4. The Hall–Kier alpha value is -0.360. The highest BCUT2D eigenvalue weighted by molar-refractivity contribution is 9.10. The summed E-state index contributed by atoms with van der Waals surface area (Å²) < 4.78 is 6.45. The Bertz CT molecular complexity index is 314. The molecule has 4 nitrogen and oxygen atoms in total. The van der Waals surface area contributed by atoms with E-state index in [1.807, 2.05) is 6.07 Å². The maximum Gasteiger partial charge on any atom is 0.136 e. The zero-order valence-electron chi connectivity index (χ0n) is 10.1. The molecule has 0 radical (unpaired) electrons. The first-order valence-corrected chi connectivity index (χ1v) is 6.13. The van der Waals surface area contributed by atoms with Crippen LogP contribution in [-0.4, -0.2) is 50.6 Å². The third kappa shape index (κ3) is 3.59. The van der Waals surface area contributed by atoms with E-state index in [1.165, 1.54) is 0 Å². The molecule has 2 N–H and O–H groups in total. The third-order valence-corrected chi connectivity index (χ3v) is 3.26. The Morgan fingerprint density at radius 2 is 2.06 bits per heavy atom. The molecule has 1 aromatic rings. The molecule has 1 heterocycles. The van der Waals surface area contributed by atoms with Gasteiger partial charge in [0.15, 0.2) is 0 Å². The van der Waals surface area contributed by atoms with Gasteiger partial charge in [0.05, 0.1) is 16.8 Å². The predicted molar refractivity (Wildman–Crippen MR) is 69.4 cm³/mol. The summed E-state index contributed by atoms with van der Waals surface area (Å²) in [5, 5.41) is 0. The molecule has 1 aromatic heterocycles. The van der Waals surface area contributed by atoms with Crippen LogP contribution in [0.1, 0.15) is 11.8 Å². The minimum Gasteiger partial charge on any atom is -0.466 e. The summed E-state index contributed by atoms with van der Waals surface area (Å²) in [7, 11) is 6.19. The standard InChI is InChI=1S/C11H20BrN3O/c1-14(2)5-6-15(3)10(8-13)11-9(12)4-7-16-11/h4,7,10H,5-6,8,13H2,1-3H3. The van der Waals surface area contributed by atoms with Crippen molar-refractivity contribution in [3.8, 4) is 0 Å². The molecular formula is C11H20BrN3O. The summed E-state index contributed by atoms with van der Waals surface area (Å²) in [4.78, 5) is 4.37. The van der Waals surface area contributed by atoms with Gasteiger partial charge in [-0.05, 0) is 43.1 Å². The molecule has 0 fully saturated rings. The van der Waals surface area contributed by atoms with E-state index in [-0.39, 0.29) is 6.04 Å². The molecule has 0 saturated heterocycles. The molecule has 0 saturated carbocycles. The van der Waals surface area contributed by atoms with Crippen LogP contribution in [0.2, 0.25) is 0 Å². The Balaban J connectivity index is 2.64. The van der Waals surface area contributed by atoms with Crippen molar-refractivity contribution in [1.29, 1.82) is 0 Å². The Morgan fingerprint density at radius 1 is 1.38 bits per heavy atom. The first kappa shape index (κ1) is 13.7. The lowest BCUT2D eigenvalue weighted by atomic mass is 10.2. The summed E-state index contributed by atoms with van der Waals surface area (Å²) in [6, 6.07) is 2.03. The van der Waals surface area contributed by atoms with Gasteiger partial charge in [0.1, 0.15) is 5.76 Å². The zero-order chi connectivity index (χ0) is 12.1. The summed E-state index contributed by atoms with van der Waals surface area (Å²) in [5.41, 5.74) is 5.80. The summed E-state index contributed by atoms with van der Waals surface area (Å²) in [6.45, 7) is 2.52. The molecule has 1 atom stereocenters. The number of hydrogen-bond donors (Lipinski definition) is 1. The van der Waals surface area contributed by atoms with Crippen LogP contribution in [0.25, 0.3) is 0 Å². The molecule has 1 rings (SSSR count). The van der Waals surface area contributed by atoms with Crippen LogP contribution >= 0.6 is 15.9 Å². The Kier molecular flexibility index (Phi) is 5.48. The third-order valence-electron chi connectivity index (χ3n) is 2.60. The Morgan fingerprint density at radius 3 is 2.50 bits per heavy atom. The fourth-order valence-electron chi connectivity index (χ4n) is 1.54. The average Bonchev–Trinajstić information content (AvgIpc) is 2.63. The van der Waals surface area contributed by atoms with E-state index in [0.717, 1.165) is 23.3 Å². The summed E-state index contributed by atoms with van der Waals surface area (Å²) >= 11 is 3.47. The van der Waals surface area contributed by atoms with E-state index in [9.17, 15) is 0 Å². The van der Waals surface area contributed by atoms with Crippen LogP contribution in [0.15, 0.2) is 21.2 Å². The molecule has 0 aliphatic heterocycles. The number of halogens is 1. The van der Waals surface area contributed by atoms with Crippen LogP contribution in [0.3, 0.4) is 0 Å². The monoisotopic (exact) mass is 289 g/mol. The molecule has 16 heavy (non-hydrogen) atoms. The van der Waals surface area contributed by atoms with E-state index in [4.69, 9.17) is 10.2 Å². The second-order valence-corrected chi connectivity index (χ2v) is 5.02. The van der Waals surface area contributed by atoms with E-state index in [2.05, 4.69) is 46.9 Å². The SMILES string of the molecule is CN(C)CCN(C)C(CN)c1occc1Br. The van der Waals surface area contributed by atoms with E-state index < -0.39 is 0 Å². The van der Waals surface area contributed by atoms with Crippen molar-refractivity contribution in [2.75, 3.05) is 40.8 Å². The largest absolute Gasteiger partial charge is 0.466 e. The van der Waals surface area contributed by atoms with Gasteiger partial charge in [-0.2, -0.15) is 0 Å². The topological polar surface area (TPSA) is 45.6 Å². The second-order valence-electron chi connectivity index (χ2n) is 4.17. The number of nitrogens with zero attached hydrogens (tertiary/aromatic N) is 2. The summed E-state index contributed by atoms with van der Waals surface area (Å²) in [6.07, 6.45) is 1.68. The van der Waals surface area contributed by atoms with Gasteiger partial charge >= 0.3 is 0 Å². The first-order valence-electron chi connectivity index (χ1n) is 5.34. The van der Waals surface area contributed by atoms with E-state index in [1.54, 1.807) is 6.26 Å². The van der Waals surface area contributed by atoms with Crippen molar-refractivity contribution >= 4 is 15.9 Å². The number of furan rings is 1. The fourth-order valence-corrected chi connectivity index (χ4v) is 2.01. The molecule has 0 aliphatic carbocycles. The predicted octanol–water partition coefficient (Wildman–Crippen LogP) is 1.54. The van der Waals surface area contributed by atoms with Crippen molar-refractivity contribution in [2.45, 2.75) is 6.04 Å². The van der Waals surface area contributed by atoms with Gasteiger partial charge in [-0.1, -0.05) is 0 Å². The molecule has 92 valence electrons. The molecule has 0 amide bonds. The minimum atomic E-state index is 0.129. The molecule has 5 heteroatoms. The second kappa shape index (κ2) is 6.39. The van der Waals surface area contributed by atoms with Crippen molar-refractivity contribution in [3.63, 3.8) is 0 Å². The Labute approximate surface area is 106 Å². The molecule has 0 aromatic carbocycles. The highest BCUT2D eigenvalue weighted by Crippen LogP contribution is 2.27. The molecule has 0 bridgehead atoms. The van der Waals surface area contributed by atoms with Crippen LogP contribution in [0.4, 0.5) is 0 Å². The van der Waals surface area contributed by atoms with Crippen LogP contribution in [0, 0.1) is 0 Å². The van der Waals surface area contributed by atoms with Gasteiger partial charge in [0, 0.05) is 19.6 Å². The van der Waals surface area contributed by atoms with Gasteiger partial charge in [0.2, 0.25) is 0 Å².